The van der Waals surface area contributed by atoms with E-state index in [2.05, 4.69) is 25.3 Å². The molecule has 0 spiro atoms. The molecule has 0 aromatic carbocycles. The number of hydrogen-bond acceptors (Lipinski definition) is 7. The van der Waals surface area contributed by atoms with Gasteiger partial charge in [-0.3, -0.25) is 9.69 Å². The molecule has 1 aliphatic carbocycles. The highest BCUT2D eigenvalue weighted by Crippen LogP contribution is 2.32. The van der Waals surface area contributed by atoms with Gasteiger partial charge in [-0.2, -0.15) is 4.98 Å². The Kier molecular flexibility index (Phi) is 4.83. The average Bonchev–Trinajstić information content (AvgIpc) is 3.12. The summed E-state index contributed by atoms with van der Waals surface area (Å²) in [4.78, 5) is 23.2. The molecule has 26 heavy (non-hydrogen) atoms. The summed E-state index contributed by atoms with van der Waals surface area (Å²) in [6, 6.07) is 6.08. The van der Waals surface area contributed by atoms with Crippen LogP contribution in [-0.4, -0.2) is 45.1 Å². The zero-order valence-corrected chi connectivity index (χ0v) is 14.9. The molecule has 1 atom stereocenters. The highest BCUT2D eigenvalue weighted by Gasteiger charge is 2.32. The van der Waals surface area contributed by atoms with Crippen molar-refractivity contribution >= 4 is 5.91 Å². The summed E-state index contributed by atoms with van der Waals surface area (Å²) in [5.74, 6) is 1.01. The third-order valence-electron chi connectivity index (χ3n) is 4.64. The molecule has 2 fully saturated rings. The van der Waals surface area contributed by atoms with Crippen LogP contribution in [0.3, 0.4) is 0 Å². The predicted octanol–water partition coefficient (Wildman–Crippen LogP) is 2.09. The number of nitrogens with zero attached hydrogens (tertiary/aromatic N) is 4. The quantitative estimate of drug-likeness (QED) is 0.811. The number of amides is 1. The Morgan fingerprint density at radius 1 is 1.35 bits per heavy atom. The van der Waals surface area contributed by atoms with Gasteiger partial charge in [-0.25, -0.2) is 4.98 Å². The van der Waals surface area contributed by atoms with E-state index in [1.807, 2.05) is 25.1 Å². The molecule has 0 bridgehead atoms. The number of carbonyl (C=O) groups excluding carboxylic acids is 1. The number of rotatable bonds is 7. The van der Waals surface area contributed by atoms with Crippen LogP contribution in [0.5, 0.6) is 5.88 Å². The number of likely N-dealkylation sites (tertiary alicyclic amines) is 1. The standard InChI is InChI=1S/C18H23N5O3/c1-2-25-15-7-3-5-13(19-15)11-23-10-4-6-14(23)18-21-16(22-26-18)17(24)20-12-8-9-12/h3,5,7,12,14H,2,4,6,8-11H2,1H3,(H,20,24)/t14-/m0/s1. The van der Waals surface area contributed by atoms with Gasteiger partial charge in [0.15, 0.2) is 0 Å². The molecule has 1 saturated heterocycles. The van der Waals surface area contributed by atoms with Crippen LogP contribution in [0.25, 0.3) is 0 Å². The van der Waals surface area contributed by atoms with Crippen molar-refractivity contribution in [3.05, 3.63) is 35.6 Å². The van der Waals surface area contributed by atoms with E-state index in [4.69, 9.17) is 9.26 Å². The molecule has 8 heteroatoms. The highest BCUT2D eigenvalue weighted by atomic mass is 16.5. The monoisotopic (exact) mass is 357 g/mol. The average molecular weight is 357 g/mol. The molecule has 2 aliphatic rings. The van der Waals surface area contributed by atoms with E-state index in [0.717, 1.165) is 37.9 Å². The Morgan fingerprint density at radius 3 is 3.04 bits per heavy atom. The highest BCUT2D eigenvalue weighted by molar-refractivity contribution is 5.90. The van der Waals surface area contributed by atoms with Crippen LogP contribution < -0.4 is 10.1 Å². The van der Waals surface area contributed by atoms with Crippen LogP contribution in [0.15, 0.2) is 22.7 Å². The van der Waals surface area contributed by atoms with Gasteiger partial charge in [-0.15, -0.1) is 0 Å². The van der Waals surface area contributed by atoms with Crippen molar-refractivity contribution in [2.75, 3.05) is 13.2 Å². The van der Waals surface area contributed by atoms with Gasteiger partial charge >= 0.3 is 0 Å². The molecule has 4 rings (SSSR count). The van der Waals surface area contributed by atoms with Crippen molar-refractivity contribution in [1.29, 1.82) is 0 Å². The maximum atomic E-state index is 12.1. The van der Waals surface area contributed by atoms with Crippen molar-refractivity contribution in [3.63, 3.8) is 0 Å². The van der Waals surface area contributed by atoms with Gasteiger partial charge in [0.05, 0.1) is 18.3 Å². The summed E-state index contributed by atoms with van der Waals surface area (Å²) in [6.45, 7) is 4.14. The third-order valence-corrected chi connectivity index (χ3v) is 4.64. The second-order valence-electron chi connectivity index (χ2n) is 6.73. The van der Waals surface area contributed by atoms with Crippen molar-refractivity contribution in [1.82, 2.24) is 25.3 Å². The number of ether oxygens (including phenoxy) is 1. The van der Waals surface area contributed by atoms with Gasteiger partial charge in [0.25, 0.3) is 11.7 Å². The van der Waals surface area contributed by atoms with E-state index < -0.39 is 0 Å². The number of hydrogen-bond donors (Lipinski definition) is 1. The number of carbonyl (C=O) groups is 1. The fourth-order valence-corrected chi connectivity index (χ4v) is 3.22. The van der Waals surface area contributed by atoms with Gasteiger partial charge in [0.1, 0.15) is 0 Å². The van der Waals surface area contributed by atoms with Gasteiger partial charge in [-0.1, -0.05) is 11.2 Å². The Hall–Kier alpha value is -2.48. The lowest BCUT2D eigenvalue weighted by Gasteiger charge is -2.21. The van der Waals surface area contributed by atoms with Gasteiger partial charge < -0.3 is 14.6 Å². The summed E-state index contributed by atoms with van der Waals surface area (Å²) in [5.41, 5.74) is 0.939. The van der Waals surface area contributed by atoms with Crippen molar-refractivity contribution in [2.45, 2.75) is 51.2 Å². The summed E-state index contributed by atoms with van der Waals surface area (Å²) < 4.78 is 10.9. The second kappa shape index (κ2) is 7.41. The zero-order chi connectivity index (χ0) is 17.9. The number of nitrogens with one attached hydrogen (secondary N) is 1. The number of pyridine rings is 1. The van der Waals surface area contributed by atoms with Crippen LogP contribution in [0.1, 0.15) is 60.9 Å². The van der Waals surface area contributed by atoms with E-state index in [9.17, 15) is 4.79 Å². The maximum absolute atomic E-state index is 12.1. The molecule has 1 amide bonds. The molecular formula is C18H23N5O3. The smallest absolute Gasteiger partial charge is 0.292 e. The topological polar surface area (TPSA) is 93.4 Å². The Morgan fingerprint density at radius 2 is 2.23 bits per heavy atom. The van der Waals surface area contributed by atoms with E-state index in [1.165, 1.54) is 0 Å². The fraction of sp³-hybridized carbons (Fsp3) is 0.556. The molecule has 1 N–H and O–H groups in total. The summed E-state index contributed by atoms with van der Waals surface area (Å²) in [5, 5.41) is 6.74. The minimum Gasteiger partial charge on any atom is -0.478 e. The molecule has 2 aromatic heterocycles. The van der Waals surface area contributed by atoms with Crippen LogP contribution in [0.4, 0.5) is 0 Å². The first-order chi connectivity index (χ1) is 12.7. The SMILES string of the molecule is CCOc1cccc(CN2CCC[C@H]2c2nc(C(=O)NC3CC3)no2)n1. The van der Waals surface area contributed by atoms with Crippen LogP contribution in [0, 0.1) is 0 Å². The predicted molar refractivity (Wildman–Crippen MR) is 92.6 cm³/mol. The summed E-state index contributed by atoms with van der Waals surface area (Å²) in [7, 11) is 0. The number of aromatic nitrogens is 3. The first kappa shape index (κ1) is 17.0. The Bertz CT molecular complexity index is 774. The van der Waals surface area contributed by atoms with Gasteiger partial charge in [-0.05, 0) is 45.2 Å². The molecule has 8 nitrogen and oxygen atoms in total. The van der Waals surface area contributed by atoms with Crippen LogP contribution in [0.2, 0.25) is 0 Å². The molecular weight excluding hydrogens is 334 g/mol. The molecule has 0 radical (unpaired) electrons. The minimum absolute atomic E-state index is 0.0162. The lowest BCUT2D eigenvalue weighted by atomic mass is 10.2. The third kappa shape index (κ3) is 3.85. The normalized spacial score (nSPS) is 20.3. The van der Waals surface area contributed by atoms with Gasteiger partial charge in [0, 0.05) is 18.7 Å². The lowest BCUT2D eigenvalue weighted by molar-refractivity contribution is 0.0937. The van der Waals surface area contributed by atoms with E-state index >= 15 is 0 Å². The summed E-state index contributed by atoms with van der Waals surface area (Å²) in [6.07, 6.45) is 4.03. The first-order valence-electron chi connectivity index (χ1n) is 9.20. The second-order valence-corrected chi connectivity index (χ2v) is 6.73. The van der Waals surface area contributed by atoms with Crippen molar-refractivity contribution < 1.29 is 14.1 Å². The molecule has 0 unspecified atom stereocenters. The van der Waals surface area contributed by atoms with Crippen molar-refractivity contribution in [2.24, 2.45) is 0 Å². The fourth-order valence-electron chi connectivity index (χ4n) is 3.22. The van der Waals surface area contributed by atoms with Crippen LogP contribution >= 0.6 is 0 Å². The molecule has 1 saturated carbocycles. The lowest BCUT2D eigenvalue weighted by Crippen LogP contribution is -2.27. The molecule has 2 aromatic rings. The Balaban J connectivity index is 1.44. The van der Waals surface area contributed by atoms with E-state index in [1.54, 1.807) is 0 Å². The molecule has 138 valence electrons. The zero-order valence-electron chi connectivity index (χ0n) is 14.9. The van der Waals surface area contributed by atoms with Crippen LogP contribution in [-0.2, 0) is 6.54 Å². The minimum atomic E-state index is -0.252. The van der Waals surface area contributed by atoms with E-state index in [-0.39, 0.29) is 23.8 Å². The van der Waals surface area contributed by atoms with Crippen molar-refractivity contribution in [3.8, 4) is 5.88 Å². The van der Waals surface area contributed by atoms with Gasteiger partial charge in [0.2, 0.25) is 11.8 Å². The molecule has 3 heterocycles. The Labute approximate surface area is 151 Å². The van der Waals surface area contributed by atoms with E-state index in [0.29, 0.717) is 24.9 Å². The largest absolute Gasteiger partial charge is 0.478 e. The molecule has 1 aliphatic heterocycles. The summed E-state index contributed by atoms with van der Waals surface area (Å²) >= 11 is 0. The maximum Gasteiger partial charge on any atom is 0.292 e. The first-order valence-corrected chi connectivity index (χ1v) is 9.20.